The summed E-state index contributed by atoms with van der Waals surface area (Å²) >= 11 is 0. The second kappa shape index (κ2) is 7.40. The number of nitrogens with zero attached hydrogens (tertiary/aromatic N) is 2. The van der Waals surface area contributed by atoms with Crippen LogP contribution in [-0.2, 0) is 14.8 Å². The Morgan fingerprint density at radius 3 is 2.38 bits per heavy atom. The van der Waals surface area contributed by atoms with Gasteiger partial charge in [0.05, 0.1) is 19.1 Å². The van der Waals surface area contributed by atoms with Crippen LogP contribution in [0.1, 0.15) is 17.5 Å². The third-order valence-electron chi connectivity index (χ3n) is 4.20. The minimum absolute atomic E-state index is 0.252. The molecule has 24 heavy (non-hydrogen) atoms. The lowest BCUT2D eigenvalue weighted by Gasteiger charge is -2.22. The molecule has 0 atom stereocenters. The van der Waals surface area contributed by atoms with Crippen molar-refractivity contribution in [1.82, 2.24) is 9.21 Å². The topological polar surface area (TPSA) is 76.2 Å². The highest BCUT2D eigenvalue weighted by Crippen LogP contribution is 2.28. The van der Waals surface area contributed by atoms with Crippen LogP contribution in [0, 0.1) is 13.8 Å². The SMILES string of the molecule is COC(=O)N1CCCN(S(=O)(=O)c2cc(C)c(OC)cc2C)CC1. The number of hydrogen-bond donors (Lipinski definition) is 0. The van der Waals surface area contributed by atoms with Gasteiger partial charge in [0.2, 0.25) is 10.0 Å². The maximum atomic E-state index is 13.0. The van der Waals surface area contributed by atoms with Crippen molar-refractivity contribution in [2.45, 2.75) is 25.2 Å². The Morgan fingerprint density at radius 2 is 1.75 bits per heavy atom. The Hall–Kier alpha value is -1.80. The van der Waals surface area contributed by atoms with Crippen LogP contribution < -0.4 is 4.74 Å². The van der Waals surface area contributed by atoms with Crippen molar-refractivity contribution in [2.75, 3.05) is 40.4 Å². The first-order valence-corrected chi connectivity index (χ1v) is 9.23. The molecule has 1 amide bonds. The third kappa shape index (κ3) is 3.64. The van der Waals surface area contributed by atoms with Gasteiger partial charge in [0.1, 0.15) is 5.75 Å². The molecule has 1 aliphatic rings. The van der Waals surface area contributed by atoms with E-state index >= 15 is 0 Å². The Morgan fingerprint density at radius 1 is 1.04 bits per heavy atom. The first kappa shape index (κ1) is 18.5. The summed E-state index contributed by atoms with van der Waals surface area (Å²) in [5.41, 5.74) is 1.42. The van der Waals surface area contributed by atoms with Crippen LogP contribution in [0.3, 0.4) is 0 Å². The Kier molecular flexibility index (Phi) is 5.71. The molecule has 0 spiro atoms. The zero-order chi connectivity index (χ0) is 17.9. The average molecular weight is 356 g/mol. The van der Waals surface area contributed by atoms with Gasteiger partial charge >= 0.3 is 6.09 Å². The van der Waals surface area contributed by atoms with Crippen molar-refractivity contribution < 1.29 is 22.7 Å². The summed E-state index contributed by atoms with van der Waals surface area (Å²) in [5, 5.41) is 0. The van der Waals surface area contributed by atoms with Crippen LogP contribution in [0.15, 0.2) is 17.0 Å². The molecule has 1 aromatic carbocycles. The lowest BCUT2D eigenvalue weighted by molar-refractivity contribution is 0.126. The molecule has 0 radical (unpaired) electrons. The van der Waals surface area contributed by atoms with Gasteiger partial charge in [0, 0.05) is 26.2 Å². The predicted molar refractivity (Wildman–Crippen MR) is 89.8 cm³/mol. The fraction of sp³-hybridized carbons (Fsp3) is 0.562. The molecule has 0 N–H and O–H groups in total. The van der Waals surface area contributed by atoms with Gasteiger partial charge < -0.3 is 14.4 Å². The number of benzene rings is 1. The number of methoxy groups -OCH3 is 2. The second-order valence-corrected chi connectivity index (χ2v) is 7.71. The number of sulfonamides is 1. The molecule has 1 aliphatic heterocycles. The van der Waals surface area contributed by atoms with Crippen molar-refractivity contribution in [3.05, 3.63) is 23.3 Å². The Labute approximate surface area is 143 Å². The van der Waals surface area contributed by atoms with Gasteiger partial charge in [0.15, 0.2) is 0 Å². The van der Waals surface area contributed by atoms with E-state index < -0.39 is 16.1 Å². The molecule has 0 bridgehead atoms. The number of carbonyl (C=O) groups excluding carboxylic acids is 1. The molecule has 1 fully saturated rings. The number of rotatable bonds is 3. The van der Waals surface area contributed by atoms with E-state index in [0.717, 1.165) is 5.56 Å². The summed E-state index contributed by atoms with van der Waals surface area (Å²) in [6.07, 6.45) is 0.147. The quantitative estimate of drug-likeness (QED) is 0.825. The molecule has 0 aliphatic carbocycles. The number of aryl methyl sites for hydroxylation is 2. The lowest BCUT2D eigenvalue weighted by atomic mass is 10.1. The fourth-order valence-electron chi connectivity index (χ4n) is 2.85. The summed E-state index contributed by atoms with van der Waals surface area (Å²) in [6.45, 7) is 5.01. The lowest BCUT2D eigenvalue weighted by Crippen LogP contribution is -2.37. The van der Waals surface area contributed by atoms with Gasteiger partial charge in [-0.25, -0.2) is 13.2 Å². The maximum absolute atomic E-state index is 13.0. The van der Waals surface area contributed by atoms with Gasteiger partial charge in [0.25, 0.3) is 0 Å². The average Bonchev–Trinajstić information content (AvgIpc) is 2.82. The van der Waals surface area contributed by atoms with Gasteiger partial charge in [-0.2, -0.15) is 4.31 Å². The summed E-state index contributed by atoms with van der Waals surface area (Å²) in [6, 6.07) is 3.38. The van der Waals surface area contributed by atoms with E-state index in [1.165, 1.54) is 16.3 Å². The van der Waals surface area contributed by atoms with Crippen LogP contribution in [-0.4, -0.2) is 64.1 Å². The van der Waals surface area contributed by atoms with Crippen molar-refractivity contribution in [1.29, 1.82) is 0 Å². The van der Waals surface area contributed by atoms with Crippen LogP contribution >= 0.6 is 0 Å². The molecule has 0 aromatic heterocycles. The van der Waals surface area contributed by atoms with E-state index in [2.05, 4.69) is 0 Å². The molecular formula is C16H24N2O5S. The summed E-state index contributed by atoms with van der Waals surface area (Å²) in [7, 11) is -0.734. The minimum atomic E-state index is -3.62. The first-order chi connectivity index (χ1) is 11.3. The molecule has 134 valence electrons. The van der Waals surface area contributed by atoms with Crippen molar-refractivity contribution in [3.63, 3.8) is 0 Å². The van der Waals surface area contributed by atoms with Gasteiger partial charge in [-0.15, -0.1) is 0 Å². The van der Waals surface area contributed by atoms with E-state index in [4.69, 9.17) is 9.47 Å². The molecule has 0 saturated carbocycles. The molecular weight excluding hydrogens is 332 g/mol. The summed E-state index contributed by atoms with van der Waals surface area (Å²) in [4.78, 5) is 13.5. The van der Waals surface area contributed by atoms with E-state index in [9.17, 15) is 13.2 Å². The van der Waals surface area contributed by atoms with E-state index in [0.29, 0.717) is 37.4 Å². The highest BCUT2D eigenvalue weighted by Gasteiger charge is 2.30. The van der Waals surface area contributed by atoms with Crippen LogP contribution in [0.2, 0.25) is 0 Å². The van der Waals surface area contributed by atoms with E-state index in [1.54, 1.807) is 26.2 Å². The number of carbonyl (C=O) groups is 1. The fourth-order valence-corrected chi connectivity index (χ4v) is 4.61. The van der Waals surface area contributed by atoms with Crippen molar-refractivity contribution in [2.24, 2.45) is 0 Å². The Bertz CT molecular complexity index is 717. The smallest absolute Gasteiger partial charge is 0.409 e. The van der Waals surface area contributed by atoms with E-state index in [1.807, 2.05) is 6.92 Å². The largest absolute Gasteiger partial charge is 0.496 e. The van der Waals surface area contributed by atoms with Gasteiger partial charge in [-0.3, -0.25) is 0 Å². The normalized spacial score (nSPS) is 16.6. The van der Waals surface area contributed by atoms with Crippen LogP contribution in [0.5, 0.6) is 5.75 Å². The molecule has 1 aromatic rings. The van der Waals surface area contributed by atoms with Crippen LogP contribution in [0.4, 0.5) is 4.79 Å². The minimum Gasteiger partial charge on any atom is -0.496 e. The number of hydrogen-bond acceptors (Lipinski definition) is 5. The molecule has 0 unspecified atom stereocenters. The monoisotopic (exact) mass is 356 g/mol. The van der Waals surface area contributed by atoms with Crippen molar-refractivity contribution >= 4 is 16.1 Å². The molecule has 7 nitrogen and oxygen atoms in total. The first-order valence-electron chi connectivity index (χ1n) is 7.79. The van der Waals surface area contributed by atoms with Crippen molar-refractivity contribution in [3.8, 4) is 5.75 Å². The summed E-state index contributed by atoms with van der Waals surface area (Å²) in [5.74, 6) is 0.666. The third-order valence-corrected chi connectivity index (χ3v) is 6.24. The summed E-state index contributed by atoms with van der Waals surface area (Å²) < 4.78 is 37.4. The van der Waals surface area contributed by atoms with Gasteiger partial charge in [-0.05, 0) is 43.5 Å². The molecule has 8 heteroatoms. The highest BCUT2D eigenvalue weighted by atomic mass is 32.2. The maximum Gasteiger partial charge on any atom is 0.409 e. The second-order valence-electron chi connectivity index (χ2n) is 5.80. The zero-order valence-electron chi connectivity index (χ0n) is 14.5. The predicted octanol–water partition coefficient (Wildman–Crippen LogP) is 1.77. The highest BCUT2D eigenvalue weighted by molar-refractivity contribution is 7.89. The number of ether oxygens (including phenoxy) is 2. The van der Waals surface area contributed by atoms with E-state index in [-0.39, 0.29) is 11.4 Å². The molecule has 1 saturated heterocycles. The molecule has 1 heterocycles. The Balaban J connectivity index is 2.28. The van der Waals surface area contributed by atoms with Crippen LogP contribution in [0.25, 0.3) is 0 Å². The number of amides is 1. The zero-order valence-corrected chi connectivity index (χ0v) is 15.4. The van der Waals surface area contributed by atoms with Gasteiger partial charge in [-0.1, -0.05) is 0 Å². The standard InChI is InChI=1S/C16H24N2O5S/c1-12-11-15(13(2)10-14(12)22-3)24(20,21)18-7-5-6-17(8-9-18)16(19)23-4/h10-11H,5-9H2,1-4H3. The molecule has 2 rings (SSSR count).